The maximum atomic E-state index is 11.4. The smallest absolute Gasteiger partial charge is 0.152 e. The van der Waals surface area contributed by atoms with Gasteiger partial charge in [0.15, 0.2) is 9.84 Å². The number of ether oxygens (including phenoxy) is 3. The molecule has 0 amide bonds. The molecule has 0 radical (unpaired) electrons. The number of rotatable bonds is 16. The molecule has 0 aromatic carbocycles. The fourth-order valence-electron chi connectivity index (χ4n) is 2.79. The van der Waals surface area contributed by atoms with Crippen molar-refractivity contribution in [3.63, 3.8) is 0 Å². The fourth-order valence-corrected chi connectivity index (χ4v) is 3.75. The number of nitrogens with zero attached hydrogens (tertiary/aromatic N) is 4. The monoisotopic (exact) mass is 433 g/mol. The minimum atomic E-state index is -2.94. The highest BCUT2D eigenvalue weighted by Crippen LogP contribution is 2.17. The molecule has 0 unspecified atom stereocenters. The van der Waals surface area contributed by atoms with Gasteiger partial charge in [0, 0.05) is 44.7 Å². The highest BCUT2D eigenvalue weighted by molar-refractivity contribution is 7.91. The van der Waals surface area contributed by atoms with Crippen molar-refractivity contribution in [1.82, 2.24) is 25.2 Å². The quantitative estimate of drug-likeness (QED) is 0.347. The van der Waals surface area contributed by atoms with Gasteiger partial charge in [-0.15, -0.1) is 5.10 Å². The highest BCUT2D eigenvalue weighted by Gasteiger charge is 2.34. The van der Waals surface area contributed by atoms with Crippen molar-refractivity contribution in [3.8, 4) is 0 Å². The molecule has 11 heteroatoms. The SMILES string of the molecule is CC(C)NCCOCCOCCOCCn1cc(CN2CC(S(C)(=O)=O)C2)nn1. The molecule has 2 heterocycles. The van der Waals surface area contributed by atoms with Crippen molar-refractivity contribution >= 4 is 9.84 Å². The Labute approximate surface area is 173 Å². The van der Waals surface area contributed by atoms with E-state index in [1.165, 1.54) is 6.26 Å². The van der Waals surface area contributed by atoms with Crippen molar-refractivity contribution < 1.29 is 22.6 Å². The van der Waals surface area contributed by atoms with E-state index in [4.69, 9.17) is 14.2 Å². The van der Waals surface area contributed by atoms with E-state index >= 15 is 0 Å². The topological polar surface area (TPSA) is 108 Å². The summed E-state index contributed by atoms with van der Waals surface area (Å²) in [5.41, 5.74) is 0.837. The van der Waals surface area contributed by atoms with Crippen LogP contribution < -0.4 is 5.32 Å². The first kappa shape index (κ1) is 24.2. The Hall–Kier alpha value is -1.11. The first-order valence-electron chi connectivity index (χ1n) is 10.1. The molecule has 1 fully saturated rings. The largest absolute Gasteiger partial charge is 0.378 e. The van der Waals surface area contributed by atoms with Crippen LogP contribution in [0.3, 0.4) is 0 Å². The van der Waals surface area contributed by atoms with Crippen LogP contribution in [0.15, 0.2) is 6.20 Å². The first-order valence-corrected chi connectivity index (χ1v) is 12.1. The second-order valence-electron chi connectivity index (χ2n) is 7.56. The van der Waals surface area contributed by atoms with E-state index in [-0.39, 0.29) is 5.25 Å². The minimum absolute atomic E-state index is 0.249. The van der Waals surface area contributed by atoms with E-state index in [9.17, 15) is 8.42 Å². The van der Waals surface area contributed by atoms with Crippen molar-refractivity contribution in [2.45, 2.75) is 38.2 Å². The van der Waals surface area contributed by atoms with Crippen LogP contribution in [0, 0.1) is 0 Å². The number of aromatic nitrogens is 3. The lowest BCUT2D eigenvalue weighted by atomic mass is 10.2. The minimum Gasteiger partial charge on any atom is -0.378 e. The predicted molar refractivity (Wildman–Crippen MR) is 110 cm³/mol. The Balaban J connectivity index is 1.42. The van der Waals surface area contributed by atoms with E-state index in [1.54, 1.807) is 4.68 Å². The molecule has 1 N–H and O–H groups in total. The highest BCUT2D eigenvalue weighted by atomic mass is 32.2. The van der Waals surface area contributed by atoms with Gasteiger partial charge in [0.2, 0.25) is 0 Å². The number of likely N-dealkylation sites (tertiary alicyclic amines) is 1. The Kier molecular flexibility index (Phi) is 10.5. The summed E-state index contributed by atoms with van der Waals surface area (Å²) in [6.45, 7) is 10.9. The zero-order valence-electron chi connectivity index (χ0n) is 17.7. The van der Waals surface area contributed by atoms with Gasteiger partial charge in [-0.05, 0) is 0 Å². The molecular weight excluding hydrogens is 398 g/mol. The van der Waals surface area contributed by atoms with Crippen LogP contribution in [0.2, 0.25) is 0 Å². The van der Waals surface area contributed by atoms with E-state index in [1.807, 2.05) is 6.20 Å². The van der Waals surface area contributed by atoms with Crippen molar-refractivity contribution in [2.24, 2.45) is 0 Å². The summed E-state index contributed by atoms with van der Waals surface area (Å²) in [7, 11) is -2.94. The molecule has 0 bridgehead atoms. The van der Waals surface area contributed by atoms with Gasteiger partial charge in [-0.1, -0.05) is 19.1 Å². The number of nitrogens with one attached hydrogen (secondary N) is 1. The van der Waals surface area contributed by atoms with E-state index in [2.05, 4.69) is 34.4 Å². The molecule has 0 saturated carbocycles. The van der Waals surface area contributed by atoms with Crippen LogP contribution in [0.5, 0.6) is 0 Å². The molecule has 1 aliphatic heterocycles. The van der Waals surface area contributed by atoms with Crippen LogP contribution >= 0.6 is 0 Å². The standard InChI is InChI=1S/C18H35N5O5S/c1-16(2)19-4-6-26-8-10-28-11-9-27-7-5-23-13-17(20-21-23)12-22-14-18(15-22)29(3,24)25/h13,16,18-19H,4-12,14-15H2,1-3H3. The van der Waals surface area contributed by atoms with Crippen LogP contribution in [0.25, 0.3) is 0 Å². The number of hydrogen-bond donors (Lipinski definition) is 1. The van der Waals surface area contributed by atoms with Gasteiger partial charge in [-0.3, -0.25) is 4.90 Å². The zero-order valence-corrected chi connectivity index (χ0v) is 18.6. The van der Waals surface area contributed by atoms with Gasteiger partial charge in [0.05, 0.1) is 57.1 Å². The van der Waals surface area contributed by atoms with Crippen LogP contribution in [-0.2, 0) is 37.1 Å². The molecule has 0 atom stereocenters. The van der Waals surface area contributed by atoms with E-state index in [0.29, 0.717) is 71.9 Å². The molecule has 29 heavy (non-hydrogen) atoms. The summed E-state index contributed by atoms with van der Waals surface area (Å²) in [5, 5.41) is 11.2. The Morgan fingerprint density at radius 3 is 2.34 bits per heavy atom. The third kappa shape index (κ3) is 9.96. The average Bonchev–Trinajstić information content (AvgIpc) is 3.05. The van der Waals surface area contributed by atoms with Gasteiger partial charge < -0.3 is 19.5 Å². The second-order valence-corrected chi connectivity index (χ2v) is 9.89. The summed E-state index contributed by atoms with van der Waals surface area (Å²) < 4.78 is 41.1. The molecule has 10 nitrogen and oxygen atoms in total. The molecule has 1 saturated heterocycles. The van der Waals surface area contributed by atoms with Gasteiger partial charge in [-0.25, -0.2) is 13.1 Å². The molecular formula is C18H35N5O5S. The zero-order chi connectivity index (χ0) is 21.1. The van der Waals surface area contributed by atoms with Gasteiger partial charge in [0.1, 0.15) is 0 Å². The Bertz CT molecular complexity index is 676. The van der Waals surface area contributed by atoms with Gasteiger partial charge in [-0.2, -0.15) is 0 Å². The summed E-state index contributed by atoms with van der Waals surface area (Å²) in [5.74, 6) is 0. The maximum Gasteiger partial charge on any atom is 0.152 e. The molecule has 168 valence electrons. The number of sulfone groups is 1. The van der Waals surface area contributed by atoms with Crippen LogP contribution in [0.1, 0.15) is 19.5 Å². The summed E-state index contributed by atoms with van der Waals surface area (Å²) >= 11 is 0. The summed E-state index contributed by atoms with van der Waals surface area (Å²) in [4.78, 5) is 2.05. The lowest BCUT2D eigenvalue weighted by molar-refractivity contribution is 0.0131. The molecule has 2 rings (SSSR count). The normalized spacial score (nSPS) is 15.9. The molecule has 1 aromatic rings. The van der Waals surface area contributed by atoms with Crippen LogP contribution in [0.4, 0.5) is 0 Å². The molecule has 1 aliphatic rings. The maximum absolute atomic E-state index is 11.4. The summed E-state index contributed by atoms with van der Waals surface area (Å²) in [6.07, 6.45) is 3.16. The second kappa shape index (κ2) is 12.6. The van der Waals surface area contributed by atoms with Crippen molar-refractivity contribution in [1.29, 1.82) is 0 Å². The van der Waals surface area contributed by atoms with E-state index in [0.717, 1.165) is 12.2 Å². The van der Waals surface area contributed by atoms with Crippen molar-refractivity contribution in [3.05, 3.63) is 11.9 Å². The summed E-state index contributed by atoms with van der Waals surface area (Å²) in [6, 6.07) is 0.478. The average molecular weight is 434 g/mol. The predicted octanol–water partition coefficient (Wildman–Crippen LogP) is -0.445. The van der Waals surface area contributed by atoms with Crippen LogP contribution in [-0.4, -0.2) is 105 Å². The molecule has 0 aliphatic carbocycles. The fraction of sp³-hybridized carbons (Fsp3) is 0.889. The number of hydrogen-bond acceptors (Lipinski definition) is 9. The van der Waals surface area contributed by atoms with E-state index < -0.39 is 9.84 Å². The molecule has 1 aromatic heterocycles. The van der Waals surface area contributed by atoms with Gasteiger partial charge >= 0.3 is 0 Å². The molecule has 0 spiro atoms. The Morgan fingerprint density at radius 2 is 1.72 bits per heavy atom. The first-order chi connectivity index (χ1) is 13.8. The Morgan fingerprint density at radius 1 is 1.10 bits per heavy atom. The van der Waals surface area contributed by atoms with Gasteiger partial charge in [0.25, 0.3) is 0 Å². The lowest BCUT2D eigenvalue weighted by Gasteiger charge is -2.37. The van der Waals surface area contributed by atoms with Crippen molar-refractivity contribution in [2.75, 3.05) is 65.5 Å². The third-order valence-corrected chi connectivity index (χ3v) is 6.02. The lowest BCUT2D eigenvalue weighted by Crippen LogP contribution is -2.53. The third-order valence-electron chi connectivity index (χ3n) is 4.51.